The number of nitrogen functional groups attached to an aromatic ring is 1. The normalized spacial score (nSPS) is 10.4. The summed E-state index contributed by atoms with van der Waals surface area (Å²) in [6.45, 7) is -0.155. The van der Waals surface area contributed by atoms with Crippen LogP contribution in [0.5, 0.6) is 0 Å². The van der Waals surface area contributed by atoms with E-state index in [9.17, 15) is 8.42 Å². The first-order valence-corrected chi connectivity index (χ1v) is 6.36. The Labute approximate surface area is 105 Å². The highest BCUT2D eigenvalue weighted by molar-refractivity contribution is 7.89. The Morgan fingerprint density at radius 1 is 1.22 bits per heavy atom. The predicted molar refractivity (Wildman–Crippen MR) is 65.7 cm³/mol. The van der Waals surface area contributed by atoms with Gasteiger partial charge in [-0.05, 0) is 12.1 Å². The first kappa shape index (κ1) is 13.8. The zero-order valence-corrected chi connectivity index (χ0v) is 10.2. The van der Waals surface area contributed by atoms with Gasteiger partial charge in [0.1, 0.15) is 18.0 Å². The fraction of sp³-hybridized carbons (Fsp3) is 0.200. The molecular formula is C10H11N5O2S. The van der Waals surface area contributed by atoms with Crippen LogP contribution in [0.1, 0.15) is 0 Å². The molecule has 0 saturated carbocycles. The van der Waals surface area contributed by atoms with Gasteiger partial charge < -0.3 is 10.6 Å². The standard InChI is InChI=1S/C10H11N5O2S/c11-4-6-15(7-5-12)8-2-1-3-9(10(8)13)18(14,16)17/h1-3H,6-7,13H2,(H2,14,16,17). The minimum absolute atomic E-state index is 0.0644. The molecule has 0 aliphatic heterocycles. The van der Waals surface area contributed by atoms with Crippen molar-refractivity contribution in [2.24, 2.45) is 5.14 Å². The molecule has 7 nitrogen and oxygen atoms in total. The highest BCUT2D eigenvalue weighted by atomic mass is 32.2. The second-order valence-corrected chi connectivity index (χ2v) is 4.94. The Hall–Kier alpha value is -2.29. The van der Waals surface area contributed by atoms with Crippen LogP contribution < -0.4 is 15.8 Å². The molecule has 0 fully saturated rings. The van der Waals surface area contributed by atoms with E-state index in [-0.39, 0.29) is 23.7 Å². The molecule has 0 saturated heterocycles. The highest BCUT2D eigenvalue weighted by Gasteiger charge is 2.17. The summed E-state index contributed by atoms with van der Waals surface area (Å²) < 4.78 is 22.6. The van der Waals surface area contributed by atoms with Crippen LogP contribution in [-0.2, 0) is 10.0 Å². The van der Waals surface area contributed by atoms with Crippen LogP contribution >= 0.6 is 0 Å². The molecule has 0 heterocycles. The Morgan fingerprint density at radius 3 is 2.22 bits per heavy atom. The molecule has 1 rings (SSSR count). The number of hydrogen-bond acceptors (Lipinski definition) is 6. The number of sulfonamides is 1. The van der Waals surface area contributed by atoms with E-state index in [0.717, 1.165) is 0 Å². The van der Waals surface area contributed by atoms with Crippen molar-refractivity contribution >= 4 is 21.4 Å². The van der Waals surface area contributed by atoms with Gasteiger partial charge in [-0.2, -0.15) is 10.5 Å². The zero-order chi connectivity index (χ0) is 13.8. The lowest BCUT2D eigenvalue weighted by Crippen LogP contribution is -2.26. The molecule has 0 spiro atoms. The molecule has 0 unspecified atom stereocenters. The van der Waals surface area contributed by atoms with Gasteiger partial charge in [-0.3, -0.25) is 0 Å². The van der Waals surface area contributed by atoms with Crippen LogP contribution in [0.2, 0.25) is 0 Å². The molecule has 0 aliphatic rings. The molecule has 0 aliphatic carbocycles. The van der Waals surface area contributed by atoms with Gasteiger partial charge in [-0.1, -0.05) is 6.07 Å². The minimum Gasteiger partial charge on any atom is -0.396 e. The number of para-hydroxylation sites is 1. The lowest BCUT2D eigenvalue weighted by molar-refractivity contribution is 0.598. The number of hydrogen-bond donors (Lipinski definition) is 2. The summed E-state index contributed by atoms with van der Waals surface area (Å²) in [7, 11) is -3.94. The average Bonchev–Trinajstić information content (AvgIpc) is 2.27. The summed E-state index contributed by atoms with van der Waals surface area (Å²) in [5, 5.41) is 22.3. The summed E-state index contributed by atoms with van der Waals surface area (Å²) in [5.41, 5.74) is 5.94. The second-order valence-electron chi connectivity index (χ2n) is 3.41. The van der Waals surface area contributed by atoms with Crippen LogP contribution in [0.25, 0.3) is 0 Å². The third-order valence-corrected chi connectivity index (χ3v) is 3.18. The smallest absolute Gasteiger partial charge is 0.240 e. The van der Waals surface area contributed by atoms with Crippen molar-refractivity contribution < 1.29 is 8.42 Å². The van der Waals surface area contributed by atoms with E-state index in [1.54, 1.807) is 0 Å². The van der Waals surface area contributed by atoms with Gasteiger partial charge >= 0.3 is 0 Å². The fourth-order valence-electron chi connectivity index (χ4n) is 1.45. The van der Waals surface area contributed by atoms with Crippen LogP contribution in [0.4, 0.5) is 11.4 Å². The zero-order valence-electron chi connectivity index (χ0n) is 9.37. The first-order valence-electron chi connectivity index (χ1n) is 4.82. The van der Waals surface area contributed by atoms with E-state index >= 15 is 0 Å². The molecule has 0 bridgehead atoms. The summed E-state index contributed by atoms with van der Waals surface area (Å²) in [6, 6.07) is 8.00. The Kier molecular flexibility index (Phi) is 4.10. The van der Waals surface area contributed by atoms with Gasteiger partial charge in [0.2, 0.25) is 10.0 Å². The van der Waals surface area contributed by atoms with Crippen molar-refractivity contribution in [2.75, 3.05) is 23.7 Å². The number of primary sulfonamides is 1. The summed E-state index contributed by atoms with van der Waals surface area (Å²) in [5.74, 6) is 0. The van der Waals surface area contributed by atoms with Crippen molar-refractivity contribution in [3.8, 4) is 12.1 Å². The molecule has 94 valence electrons. The Balaban J connectivity index is 3.35. The molecule has 0 aromatic heterocycles. The average molecular weight is 265 g/mol. The van der Waals surface area contributed by atoms with Crippen LogP contribution in [-0.4, -0.2) is 21.5 Å². The molecule has 4 N–H and O–H groups in total. The summed E-state index contributed by atoms with van der Waals surface area (Å²) in [6.07, 6.45) is 0. The summed E-state index contributed by atoms with van der Waals surface area (Å²) in [4.78, 5) is 1.14. The molecule has 0 atom stereocenters. The summed E-state index contributed by atoms with van der Waals surface area (Å²) >= 11 is 0. The van der Waals surface area contributed by atoms with Gasteiger partial charge in [0.05, 0.1) is 23.5 Å². The monoisotopic (exact) mass is 265 g/mol. The molecule has 1 aromatic rings. The Morgan fingerprint density at radius 2 is 1.78 bits per heavy atom. The molecular weight excluding hydrogens is 254 g/mol. The van der Waals surface area contributed by atoms with Gasteiger partial charge in [0.25, 0.3) is 0 Å². The van der Waals surface area contributed by atoms with Gasteiger partial charge in [-0.25, -0.2) is 13.6 Å². The number of nitrogens with two attached hydrogens (primary N) is 2. The van der Waals surface area contributed by atoms with E-state index in [1.807, 2.05) is 12.1 Å². The van der Waals surface area contributed by atoms with Gasteiger partial charge in [0.15, 0.2) is 0 Å². The van der Waals surface area contributed by atoms with E-state index in [1.165, 1.54) is 23.1 Å². The maximum atomic E-state index is 11.3. The number of benzene rings is 1. The molecule has 8 heteroatoms. The number of anilines is 2. The predicted octanol–water partition coefficient (Wildman–Crippen LogP) is -0.230. The molecule has 1 aromatic carbocycles. The largest absolute Gasteiger partial charge is 0.396 e. The number of nitrogens with zero attached hydrogens (tertiary/aromatic N) is 3. The quantitative estimate of drug-likeness (QED) is 0.569. The third-order valence-electron chi connectivity index (χ3n) is 2.21. The van der Waals surface area contributed by atoms with E-state index in [2.05, 4.69) is 0 Å². The molecule has 0 amide bonds. The van der Waals surface area contributed by atoms with E-state index in [4.69, 9.17) is 21.4 Å². The maximum absolute atomic E-state index is 11.3. The minimum atomic E-state index is -3.94. The van der Waals surface area contributed by atoms with Crippen LogP contribution in [0, 0.1) is 22.7 Å². The topological polar surface area (TPSA) is 137 Å². The second kappa shape index (κ2) is 5.36. The fourth-order valence-corrected chi connectivity index (χ4v) is 2.13. The number of nitriles is 2. The van der Waals surface area contributed by atoms with Crippen molar-refractivity contribution in [1.82, 2.24) is 0 Å². The number of rotatable bonds is 4. The van der Waals surface area contributed by atoms with Crippen molar-refractivity contribution in [3.63, 3.8) is 0 Å². The molecule has 0 radical (unpaired) electrons. The Bertz CT molecular complexity index is 611. The van der Waals surface area contributed by atoms with Crippen LogP contribution in [0.3, 0.4) is 0 Å². The maximum Gasteiger partial charge on any atom is 0.240 e. The van der Waals surface area contributed by atoms with E-state index < -0.39 is 10.0 Å². The lowest BCUT2D eigenvalue weighted by Gasteiger charge is -2.21. The molecule has 18 heavy (non-hydrogen) atoms. The SMILES string of the molecule is N#CCN(CC#N)c1cccc(S(N)(=O)=O)c1N. The third kappa shape index (κ3) is 2.88. The van der Waals surface area contributed by atoms with Crippen molar-refractivity contribution in [3.05, 3.63) is 18.2 Å². The van der Waals surface area contributed by atoms with Crippen molar-refractivity contribution in [1.29, 1.82) is 10.5 Å². The lowest BCUT2D eigenvalue weighted by atomic mass is 10.2. The first-order chi connectivity index (χ1) is 8.41. The van der Waals surface area contributed by atoms with Crippen LogP contribution in [0.15, 0.2) is 23.1 Å². The van der Waals surface area contributed by atoms with Crippen molar-refractivity contribution in [2.45, 2.75) is 4.90 Å². The van der Waals surface area contributed by atoms with Gasteiger partial charge in [-0.15, -0.1) is 0 Å². The highest BCUT2D eigenvalue weighted by Crippen LogP contribution is 2.28. The van der Waals surface area contributed by atoms with Gasteiger partial charge in [0, 0.05) is 0 Å². The van der Waals surface area contributed by atoms with E-state index in [0.29, 0.717) is 5.69 Å².